The van der Waals surface area contributed by atoms with E-state index in [4.69, 9.17) is 14.6 Å². The SMILES string of the molecule is CC(C)Oc1ccc(NC(=O)O)cc1OC(C)C. The number of amides is 1. The van der Waals surface area contributed by atoms with Crippen LogP contribution in [0.25, 0.3) is 0 Å². The number of rotatable bonds is 5. The summed E-state index contributed by atoms with van der Waals surface area (Å²) in [5.41, 5.74) is 0.453. The summed E-state index contributed by atoms with van der Waals surface area (Å²) in [5, 5.41) is 11.0. The fourth-order valence-electron chi connectivity index (χ4n) is 1.41. The molecule has 100 valence electrons. The third-order valence-corrected chi connectivity index (χ3v) is 1.92. The highest BCUT2D eigenvalue weighted by molar-refractivity contribution is 5.83. The van der Waals surface area contributed by atoms with E-state index in [-0.39, 0.29) is 12.2 Å². The van der Waals surface area contributed by atoms with Gasteiger partial charge in [-0.1, -0.05) is 0 Å². The van der Waals surface area contributed by atoms with Gasteiger partial charge in [-0.3, -0.25) is 5.32 Å². The molecule has 0 bridgehead atoms. The topological polar surface area (TPSA) is 67.8 Å². The molecule has 0 saturated heterocycles. The van der Waals surface area contributed by atoms with E-state index in [0.29, 0.717) is 17.2 Å². The zero-order valence-corrected chi connectivity index (χ0v) is 11.1. The summed E-state index contributed by atoms with van der Waals surface area (Å²) in [5.74, 6) is 1.14. The number of hydrogen-bond donors (Lipinski definition) is 2. The fraction of sp³-hybridized carbons (Fsp3) is 0.462. The molecule has 5 heteroatoms. The van der Waals surface area contributed by atoms with Crippen LogP contribution in [-0.4, -0.2) is 23.4 Å². The van der Waals surface area contributed by atoms with Crippen LogP contribution in [0.3, 0.4) is 0 Å². The van der Waals surface area contributed by atoms with E-state index in [1.54, 1.807) is 18.2 Å². The predicted octanol–water partition coefficient (Wildman–Crippen LogP) is 3.35. The molecule has 0 aliphatic rings. The number of benzene rings is 1. The number of carbonyl (C=O) groups is 1. The van der Waals surface area contributed by atoms with Crippen molar-refractivity contribution in [2.75, 3.05) is 5.32 Å². The maximum atomic E-state index is 10.6. The summed E-state index contributed by atoms with van der Waals surface area (Å²) in [6, 6.07) is 4.95. The maximum absolute atomic E-state index is 10.6. The highest BCUT2D eigenvalue weighted by Gasteiger charge is 2.11. The van der Waals surface area contributed by atoms with Gasteiger partial charge in [0, 0.05) is 11.8 Å². The molecule has 0 atom stereocenters. The third kappa shape index (κ3) is 4.53. The first-order valence-electron chi connectivity index (χ1n) is 5.85. The van der Waals surface area contributed by atoms with Crippen molar-refractivity contribution < 1.29 is 19.4 Å². The van der Waals surface area contributed by atoms with Crippen molar-refractivity contribution in [1.29, 1.82) is 0 Å². The summed E-state index contributed by atoms with van der Waals surface area (Å²) in [4.78, 5) is 10.6. The van der Waals surface area contributed by atoms with Crippen molar-refractivity contribution in [3.8, 4) is 11.5 Å². The first kappa shape index (κ1) is 14.2. The van der Waals surface area contributed by atoms with Gasteiger partial charge in [0.15, 0.2) is 11.5 Å². The summed E-state index contributed by atoms with van der Waals surface area (Å²) >= 11 is 0. The monoisotopic (exact) mass is 253 g/mol. The van der Waals surface area contributed by atoms with E-state index >= 15 is 0 Å². The van der Waals surface area contributed by atoms with Crippen LogP contribution in [-0.2, 0) is 0 Å². The molecule has 1 amide bonds. The first-order chi connectivity index (χ1) is 8.38. The Balaban J connectivity index is 2.99. The number of hydrogen-bond acceptors (Lipinski definition) is 3. The Labute approximate surface area is 107 Å². The zero-order valence-electron chi connectivity index (χ0n) is 11.1. The van der Waals surface area contributed by atoms with Crippen LogP contribution in [0, 0.1) is 0 Å². The van der Waals surface area contributed by atoms with Gasteiger partial charge in [-0.05, 0) is 39.8 Å². The van der Waals surface area contributed by atoms with Crippen molar-refractivity contribution in [2.24, 2.45) is 0 Å². The van der Waals surface area contributed by atoms with Gasteiger partial charge in [-0.15, -0.1) is 0 Å². The molecule has 0 aromatic heterocycles. The lowest BCUT2D eigenvalue weighted by Gasteiger charge is -2.17. The molecule has 1 aromatic rings. The second-order valence-corrected chi connectivity index (χ2v) is 4.42. The molecule has 0 aliphatic carbocycles. The molecular formula is C13H19NO4. The molecule has 0 saturated carbocycles. The van der Waals surface area contributed by atoms with E-state index in [9.17, 15) is 4.79 Å². The van der Waals surface area contributed by atoms with E-state index < -0.39 is 6.09 Å². The molecule has 0 unspecified atom stereocenters. The Bertz CT molecular complexity index is 415. The fourth-order valence-corrected chi connectivity index (χ4v) is 1.41. The van der Waals surface area contributed by atoms with E-state index in [1.165, 1.54) is 0 Å². The van der Waals surface area contributed by atoms with Gasteiger partial charge in [-0.25, -0.2) is 4.79 Å². The Kier molecular flexibility index (Phi) is 4.83. The Morgan fingerprint density at radius 3 is 2.17 bits per heavy atom. The van der Waals surface area contributed by atoms with Crippen molar-refractivity contribution in [3.63, 3.8) is 0 Å². The van der Waals surface area contributed by atoms with Gasteiger partial charge < -0.3 is 14.6 Å². The lowest BCUT2D eigenvalue weighted by atomic mass is 10.2. The molecule has 0 aliphatic heterocycles. The van der Waals surface area contributed by atoms with Crippen molar-refractivity contribution in [2.45, 2.75) is 39.9 Å². The highest BCUT2D eigenvalue weighted by atomic mass is 16.5. The smallest absolute Gasteiger partial charge is 0.409 e. The van der Waals surface area contributed by atoms with Crippen LogP contribution < -0.4 is 14.8 Å². The average Bonchev–Trinajstić information content (AvgIpc) is 2.19. The molecule has 1 rings (SSSR count). The van der Waals surface area contributed by atoms with E-state index in [1.807, 2.05) is 27.7 Å². The highest BCUT2D eigenvalue weighted by Crippen LogP contribution is 2.32. The number of nitrogens with one attached hydrogen (secondary N) is 1. The standard InChI is InChI=1S/C13H19NO4/c1-8(2)17-11-6-5-10(14-13(15)16)7-12(11)18-9(3)4/h5-9,14H,1-4H3,(H,15,16). The van der Waals surface area contributed by atoms with Gasteiger partial charge in [0.1, 0.15) is 0 Å². The molecule has 0 fully saturated rings. The van der Waals surface area contributed by atoms with Crippen LogP contribution in [0.1, 0.15) is 27.7 Å². The number of carboxylic acid groups (broad SMARTS) is 1. The maximum Gasteiger partial charge on any atom is 0.409 e. The number of ether oxygens (including phenoxy) is 2. The van der Waals surface area contributed by atoms with Gasteiger partial charge in [0.05, 0.1) is 12.2 Å². The lowest BCUT2D eigenvalue weighted by Crippen LogP contribution is -2.12. The molecule has 18 heavy (non-hydrogen) atoms. The van der Waals surface area contributed by atoms with Crippen LogP contribution in [0.15, 0.2) is 18.2 Å². The number of anilines is 1. The molecule has 0 spiro atoms. The van der Waals surface area contributed by atoms with Crippen LogP contribution in [0.5, 0.6) is 11.5 Å². The molecular weight excluding hydrogens is 234 g/mol. The van der Waals surface area contributed by atoms with Crippen LogP contribution >= 0.6 is 0 Å². The van der Waals surface area contributed by atoms with Gasteiger partial charge in [0.2, 0.25) is 0 Å². The van der Waals surface area contributed by atoms with Crippen molar-refractivity contribution in [1.82, 2.24) is 0 Å². The Morgan fingerprint density at radius 2 is 1.67 bits per heavy atom. The average molecular weight is 253 g/mol. The predicted molar refractivity (Wildman–Crippen MR) is 69.6 cm³/mol. The minimum atomic E-state index is -1.11. The van der Waals surface area contributed by atoms with E-state index in [0.717, 1.165) is 0 Å². The van der Waals surface area contributed by atoms with Crippen LogP contribution in [0.2, 0.25) is 0 Å². The van der Waals surface area contributed by atoms with Crippen LogP contribution in [0.4, 0.5) is 10.5 Å². The second-order valence-electron chi connectivity index (χ2n) is 4.42. The normalized spacial score (nSPS) is 10.6. The molecule has 0 heterocycles. The summed E-state index contributed by atoms with van der Waals surface area (Å²) < 4.78 is 11.2. The van der Waals surface area contributed by atoms with Gasteiger partial charge in [-0.2, -0.15) is 0 Å². The zero-order chi connectivity index (χ0) is 13.7. The minimum Gasteiger partial charge on any atom is -0.487 e. The summed E-state index contributed by atoms with van der Waals surface area (Å²) in [6.45, 7) is 7.64. The first-order valence-corrected chi connectivity index (χ1v) is 5.85. The van der Waals surface area contributed by atoms with Gasteiger partial charge in [0.25, 0.3) is 0 Å². The summed E-state index contributed by atoms with van der Waals surface area (Å²) in [7, 11) is 0. The molecule has 0 radical (unpaired) electrons. The van der Waals surface area contributed by atoms with E-state index in [2.05, 4.69) is 5.32 Å². The Morgan fingerprint density at radius 1 is 1.11 bits per heavy atom. The molecule has 1 aromatic carbocycles. The summed E-state index contributed by atoms with van der Waals surface area (Å²) in [6.07, 6.45) is -1.10. The second kappa shape index (κ2) is 6.14. The Hall–Kier alpha value is -1.91. The lowest BCUT2D eigenvalue weighted by molar-refractivity contribution is 0.199. The largest absolute Gasteiger partial charge is 0.487 e. The minimum absolute atomic E-state index is 0.0143. The van der Waals surface area contributed by atoms with Crippen molar-refractivity contribution >= 4 is 11.8 Å². The van der Waals surface area contributed by atoms with Crippen molar-refractivity contribution in [3.05, 3.63) is 18.2 Å². The molecule has 2 N–H and O–H groups in total. The molecule has 5 nitrogen and oxygen atoms in total. The third-order valence-electron chi connectivity index (χ3n) is 1.92. The quantitative estimate of drug-likeness (QED) is 0.844. The van der Waals surface area contributed by atoms with Gasteiger partial charge >= 0.3 is 6.09 Å².